The van der Waals surface area contributed by atoms with Crippen LogP contribution >= 0.6 is 11.3 Å². The average Bonchev–Trinajstić information content (AvgIpc) is 3.07. The Bertz CT molecular complexity index is 888. The molecule has 0 saturated carbocycles. The molecule has 0 aliphatic carbocycles. The third-order valence-electron chi connectivity index (χ3n) is 3.93. The summed E-state index contributed by atoms with van der Waals surface area (Å²) in [5.74, 6) is 0.848. The van der Waals surface area contributed by atoms with Gasteiger partial charge < -0.3 is 5.32 Å². The van der Waals surface area contributed by atoms with Gasteiger partial charge in [-0.3, -0.25) is 4.79 Å². The number of hydrogen-bond donors (Lipinski definition) is 1. The third-order valence-corrected chi connectivity index (χ3v) is 4.80. The standard InChI is InChI=1S/C19H24N4OS/c1-13-7-5-6-8-15(13)17-21-18-23(22-17)14(12-25-18)9-10-20-16(24)11-19(2,3)4/h5-8,12H,9-11H2,1-4H3,(H,20,24). The van der Waals surface area contributed by atoms with Gasteiger partial charge in [-0.25, -0.2) is 4.52 Å². The van der Waals surface area contributed by atoms with Gasteiger partial charge in [-0.2, -0.15) is 4.98 Å². The van der Waals surface area contributed by atoms with E-state index in [0.29, 0.717) is 13.0 Å². The van der Waals surface area contributed by atoms with Gasteiger partial charge in [0.2, 0.25) is 10.9 Å². The first-order valence-corrected chi connectivity index (χ1v) is 9.37. The second kappa shape index (κ2) is 6.96. The molecule has 0 radical (unpaired) electrons. The molecule has 2 aromatic heterocycles. The minimum absolute atomic E-state index is 0.00802. The number of aromatic nitrogens is 3. The number of fused-ring (bicyclic) bond motifs is 1. The fourth-order valence-electron chi connectivity index (χ4n) is 2.71. The molecule has 132 valence electrons. The molecule has 0 fully saturated rings. The molecule has 2 heterocycles. The Kier molecular flexibility index (Phi) is 4.90. The molecule has 0 spiro atoms. The lowest BCUT2D eigenvalue weighted by atomic mass is 9.92. The number of nitrogens with one attached hydrogen (secondary N) is 1. The Morgan fingerprint density at radius 3 is 2.76 bits per heavy atom. The number of aryl methyl sites for hydroxylation is 1. The summed E-state index contributed by atoms with van der Waals surface area (Å²) in [4.78, 5) is 17.5. The zero-order chi connectivity index (χ0) is 18.0. The van der Waals surface area contributed by atoms with Crippen LogP contribution < -0.4 is 5.32 Å². The smallest absolute Gasteiger partial charge is 0.220 e. The zero-order valence-corrected chi connectivity index (χ0v) is 16.0. The maximum Gasteiger partial charge on any atom is 0.220 e. The van der Waals surface area contributed by atoms with Crippen molar-refractivity contribution in [3.63, 3.8) is 0 Å². The van der Waals surface area contributed by atoms with Crippen LogP contribution in [0.5, 0.6) is 0 Å². The van der Waals surface area contributed by atoms with E-state index < -0.39 is 0 Å². The largest absolute Gasteiger partial charge is 0.356 e. The topological polar surface area (TPSA) is 59.3 Å². The quantitative estimate of drug-likeness (QED) is 0.755. The molecule has 1 N–H and O–H groups in total. The van der Waals surface area contributed by atoms with Crippen LogP contribution in [0.4, 0.5) is 0 Å². The van der Waals surface area contributed by atoms with Crippen LogP contribution in [0.15, 0.2) is 29.6 Å². The zero-order valence-electron chi connectivity index (χ0n) is 15.2. The van der Waals surface area contributed by atoms with Gasteiger partial charge in [0, 0.05) is 30.3 Å². The third kappa shape index (κ3) is 4.25. The number of thiazole rings is 1. The van der Waals surface area contributed by atoms with Gasteiger partial charge in [0.25, 0.3) is 0 Å². The lowest BCUT2D eigenvalue weighted by molar-refractivity contribution is -0.122. The van der Waals surface area contributed by atoms with Crippen LogP contribution in [-0.4, -0.2) is 27.0 Å². The SMILES string of the molecule is Cc1ccccc1-c1nc2scc(CCNC(=O)CC(C)(C)C)n2n1. The van der Waals surface area contributed by atoms with Gasteiger partial charge in [-0.05, 0) is 17.9 Å². The van der Waals surface area contributed by atoms with Crippen molar-refractivity contribution in [2.24, 2.45) is 5.41 Å². The maximum absolute atomic E-state index is 11.9. The Labute approximate surface area is 152 Å². The summed E-state index contributed by atoms with van der Waals surface area (Å²) in [6.07, 6.45) is 1.28. The van der Waals surface area contributed by atoms with Gasteiger partial charge in [0.1, 0.15) is 0 Å². The molecular formula is C19H24N4OS. The van der Waals surface area contributed by atoms with E-state index in [-0.39, 0.29) is 11.3 Å². The monoisotopic (exact) mass is 356 g/mol. The van der Waals surface area contributed by atoms with Crippen molar-refractivity contribution >= 4 is 22.2 Å². The number of carbonyl (C=O) groups is 1. The van der Waals surface area contributed by atoms with E-state index in [2.05, 4.69) is 54.5 Å². The molecule has 3 rings (SSSR count). The molecular weight excluding hydrogens is 332 g/mol. The Hall–Kier alpha value is -2.21. The normalized spacial score (nSPS) is 11.8. The molecule has 0 unspecified atom stereocenters. The summed E-state index contributed by atoms with van der Waals surface area (Å²) in [5, 5.41) is 9.72. The predicted octanol–water partition coefficient (Wildman–Crippen LogP) is 3.86. The summed E-state index contributed by atoms with van der Waals surface area (Å²) in [5.41, 5.74) is 3.30. The van der Waals surface area contributed by atoms with Gasteiger partial charge in [-0.15, -0.1) is 16.4 Å². The first kappa shape index (κ1) is 17.6. The molecule has 6 heteroatoms. The van der Waals surface area contributed by atoms with E-state index in [1.54, 1.807) is 11.3 Å². The minimum atomic E-state index is 0.00802. The van der Waals surface area contributed by atoms with Crippen LogP contribution in [0.25, 0.3) is 16.3 Å². The summed E-state index contributed by atoms with van der Waals surface area (Å²) in [6, 6.07) is 8.13. The molecule has 0 saturated heterocycles. The highest BCUT2D eigenvalue weighted by molar-refractivity contribution is 7.15. The highest BCUT2D eigenvalue weighted by Gasteiger charge is 2.16. The number of hydrogen-bond acceptors (Lipinski definition) is 4. The van der Waals surface area contributed by atoms with E-state index in [0.717, 1.165) is 34.0 Å². The molecule has 25 heavy (non-hydrogen) atoms. The van der Waals surface area contributed by atoms with Gasteiger partial charge in [0.05, 0.1) is 5.69 Å². The van der Waals surface area contributed by atoms with Crippen molar-refractivity contribution in [3.05, 3.63) is 40.9 Å². The van der Waals surface area contributed by atoms with E-state index in [9.17, 15) is 4.79 Å². The van der Waals surface area contributed by atoms with Crippen molar-refractivity contribution in [2.75, 3.05) is 6.54 Å². The van der Waals surface area contributed by atoms with Crippen LogP contribution in [-0.2, 0) is 11.2 Å². The number of rotatable bonds is 5. The molecule has 0 aliphatic heterocycles. The second-order valence-corrected chi connectivity index (χ2v) is 8.35. The fourth-order valence-corrected chi connectivity index (χ4v) is 3.56. The molecule has 1 aromatic carbocycles. The van der Waals surface area contributed by atoms with E-state index in [1.165, 1.54) is 0 Å². The number of nitrogens with zero attached hydrogens (tertiary/aromatic N) is 3. The Morgan fingerprint density at radius 2 is 2.04 bits per heavy atom. The van der Waals surface area contributed by atoms with Gasteiger partial charge in [-0.1, -0.05) is 45.0 Å². The van der Waals surface area contributed by atoms with Crippen LogP contribution in [0.2, 0.25) is 0 Å². The molecule has 0 aliphatic rings. The predicted molar refractivity (Wildman–Crippen MR) is 102 cm³/mol. The van der Waals surface area contributed by atoms with Crippen LogP contribution in [0, 0.1) is 12.3 Å². The van der Waals surface area contributed by atoms with E-state index in [1.807, 2.05) is 22.7 Å². The van der Waals surface area contributed by atoms with E-state index >= 15 is 0 Å². The van der Waals surface area contributed by atoms with Crippen molar-refractivity contribution in [3.8, 4) is 11.4 Å². The van der Waals surface area contributed by atoms with Crippen LogP contribution in [0.3, 0.4) is 0 Å². The first-order valence-electron chi connectivity index (χ1n) is 8.49. The van der Waals surface area contributed by atoms with Crippen molar-refractivity contribution in [2.45, 2.75) is 40.5 Å². The van der Waals surface area contributed by atoms with Crippen molar-refractivity contribution < 1.29 is 4.79 Å². The summed E-state index contributed by atoms with van der Waals surface area (Å²) >= 11 is 1.58. The first-order chi connectivity index (χ1) is 11.8. The minimum Gasteiger partial charge on any atom is -0.356 e. The fraction of sp³-hybridized carbons (Fsp3) is 0.421. The Balaban J connectivity index is 1.69. The summed E-state index contributed by atoms with van der Waals surface area (Å²) in [6.45, 7) is 8.88. The maximum atomic E-state index is 11.9. The van der Waals surface area contributed by atoms with Crippen molar-refractivity contribution in [1.82, 2.24) is 19.9 Å². The highest BCUT2D eigenvalue weighted by atomic mass is 32.1. The lowest BCUT2D eigenvalue weighted by Crippen LogP contribution is -2.29. The highest BCUT2D eigenvalue weighted by Crippen LogP contribution is 2.23. The van der Waals surface area contributed by atoms with Crippen LogP contribution in [0.1, 0.15) is 38.4 Å². The van der Waals surface area contributed by atoms with Gasteiger partial charge >= 0.3 is 0 Å². The molecule has 3 aromatic rings. The molecule has 5 nitrogen and oxygen atoms in total. The Morgan fingerprint density at radius 1 is 1.28 bits per heavy atom. The van der Waals surface area contributed by atoms with E-state index in [4.69, 9.17) is 0 Å². The average molecular weight is 356 g/mol. The number of carbonyl (C=O) groups excluding carboxylic acids is 1. The summed E-state index contributed by atoms with van der Waals surface area (Å²) in [7, 11) is 0. The molecule has 0 atom stereocenters. The molecule has 0 bridgehead atoms. The number of benzene rings is 1. The lowest BCUT2D eigenvalue weighted by Gasteiger charge is -2.17. The van der Waals surface area contributed by atoms with Crippen molar-refractivity contribution in [1.29, 1.82) is 0 Å². The number of amides is 1. The summed E-state index contributed by atoms with van der Waals surface area (Å²) < 4.78 is 1.89. The molecule has 1 amide bonds. The second-order valence-electron chi connectivity index (χ2n) is 7.51. The van der Waals surface area contributed by atoms with Gasteiger partial charge in [0.15, 0.2) is 5.82 Å².